The highest BCUT2D eigenvalue weighted by atomic mass is 35.5. The second kappa shape index (κ2) is 8.88. The zero-order chi connectivity index (χ0) is 24.8. The fourth-order valence-electron chi connectivity index (χ4n) is 3.88. The predicted octanol–water partition coefficient (Wildman–Crippen LogP) is 4.86. The zero-order valence-corrected chi connectivity index (χ0v) is 21.0. The molecular formula is C24H30ClN7O2. The van der Waals surface area contributed by atoms with Gasteiger partial charge < -0.3 is 20.8 Å². The normalized spacial score (nSPS) is 13.2. The standard InChI is InChI=1S/C24H30ClN7O2/c1-7-16(34-12(2)3)30-23(33)13-8-9-14-15(10-13)29-20(18(14)25)19-17-21(26)27-11-28-22(17)32(31-19)24(4,5)6/h8-12,16,29H,7H2,1-6H3,(H,30,33)(H2,26,27,28). The lowest BCUT2D eigenvalue weighted by Gasteiger charge is -2.20. The fraction of sp³-hybridized carbons (Fsp3) is 0.417. The average molecular weight is 484 g/mol. The molecule has 1 unspecified atom stereocenters. The summed E-state index contributed by atoms with van der Waals surface area (Å²) >= 11 is 6.78. The van der Waals surface area contributed by atoms with Crippen LogP contribution in [0.2, 0.25) is 5.02 Å². The molecule has 1 amide bonds. The fourth-order valence-corrected chi connectivity index (χ4v) is 4.18. The van der Waals surface area contributed by atoms with Crippen LogP contribution in [0.15, 0.2) is 24.5 Å². The Labute approximate surface area is 203 Å². The number of hydrogen-bond donors (Lipinski definition) is 3. The number of aromatic nitrogens is 5. The quantitative estimate of drug-likeness (QED) is 0.336. The van der Waals surface area contributed by atoms with E-state index in [9.17, 15) is 4.79 Å². The van der Waals surface area contributed by atoms with Crippen LogP contribution < -0.4 is 11.1 Å². The van der Waals surface area contributed by atoms with Crippen molar-refractivity contribution in [1.82, 2.24) is 30.0 Å². The Balaban J connectivity index is 1.79. The Morgan fingerprint density at radius 3 is 2.68 bits per heavy atom. The third-order valence-corrected chi connectivity index (χ3v) is 5.86. The van der Waals surface area contributed by atoms with Crippen molar-refractivity contribution in [3.05, 3.63) is 35.1 Å². The number of rotatable bonds is 6. The Hall–Kier alpha value is -3.17. The van der Waals surface area contributed by atoms with Crippen molar-refractivity contribution in [2.45, 2.75) is 65.8 Å². The average Bonchev–Trinajstić information content (AvgIpc) is 3.31. The van der Waals surface area contributed by atoms with Gasteiger partial charge >= 0.3 is 0 Å². The van der Waals surface area contributed by atoms with Gasteiger partial charge in [-0.25, -0.2) is 14.6 Å². The van der Waals surface area contributed by atoms with Crippen molar-refractivity contribution >= 4 is 45.3 Å². The summed E-state index contributed by atoms with van der Waals surface area (Å²) in [6, 6.07) is 5.33. The molecule has 0 radical (unpaired) electrons. The molecule has 0 aliphatic heterocycles. The SMILES string of the molecule is CCC(NC(=O)c1ccc2c(Cl)c(-c3nn(C(C)(C)C)c4ncnc(N)c34)[nH]c2c1)OC(C)C. The highest BCUT2D eigenvalue weighted by molar-refractivity contribution is 6.38. The number of nitrogen functional groups attached to an aromatic ring is 1. The largest absolute Gasteiger partial charge is 0.383 e. The number of halogens is 1. The predicted molar refractivity (Wildman–Crippen MR) is 135 cm³/mol. The van der Waals surface area contributed by atoms with Gasteiger partial charge in [0, 0.05) is 16.5 Å². The van der Waals surface area contributed by atoms with Crippen molar-refractivity contribution in [3.8, 4) is 11.4 Å². The van der Waals surface area contributed by atoms with Crippen LogP contribution >= 0.6 is 11.6 Å². The topological polar surface area (TPSA) is 124 Å². The summed E-state index contributed by atoms with van der Waals surface area (Å²) in [5.41, 5.74) is 8.87. The van der Waals surface area contributed by atoms with E-state index in [1.807, 2.05) is 52.3 Å². The minimum atomic E-state index is -0.360. The highest BCUT2D eigenvalue weighted by Gasteiger charge is 2.26. The number of carbonyl (C=O) groups is 1. The van der Waals surface area contributed by atoms with Gasteiger partial charge in [-0.15, -0.1) is 0 Å². The smallest absolute Gasteiger partial charge is 0.253 e. The van der Waals surface area contributed by atoms with E-state index in [4.69, 9.17) is 27.2 Å². The summed E-state index contributed by atoms with van der Waals surface area (Å²) in [6.07, 6.45) is 1.74. The molecule has 9 nitrogen and oxygen atoms in total. The zero-order valence-electron chi connectivity index (χ0n) is 20.2. The number of H-pyrrole nitrogens is 1. The summed E-state index contributed by atoms with van der Waals surface area (Å²) in [4.78, 5) is 24.8. The summed E-state index contributed by atoms with van der Waals surface area (Å²) in [6.45, 7) is 11.9. The van der Waals surface area contributed by atoms with Crippen LogP contribution in [0.25, 0.3) is 33.3 Å². The minimum Gasteiger partial charge on any atom is -0.383 e. The lowest BCUT2D eigenvalue weighted by Crippen LogP contribution is -2.37. The van der Waals surface area contributed by atoms with Crippen LogP contribution in [-0.2, 0) is 10.3 Å². The van der Waals surface area contributed by atoms with E-state index in [1.165, 1.54) is 6.33 Å². The van der Waals surface area contributed by atoms with Gasteiger partial charge in [0.1, 0.15) is 24.1 Å². The molecule has 3 heterocycles. The maximum Gasteiger partial charge on any atom is 0.253 e. The third-order valence-electron chi connectivity index (χ3n) is 5.46. The summed E-state index contributed by atoms with van der Waals surface area (Å²) in [5, 5.41) is 9.62. The Bertz CT molecular complexity index is 1370. The van der Waals surface area contributed by atoms with Gasteiger partial charge in [0.25, 0.3) is 5.91 Å². The number of benzene rings is 1. The molecule has 0 fully saturated rings. The maximum absolute atomic E-state index is 12.8. The highest BCUT2D eigenvalue weighted by Crippen LogP contribution is 2.39. The van der Waals surface area contributed by atoms with E-state index >= 15 is 0 Å². The minimum absolute atomic E-state index is 0.0108. The molecule has 4 rings (SSSR count). The molecule has 0 spiro atoms. The molecule has 0 saturated carbocycles. The molecule has 34 heavy (non-hydrogen) atoms. The van der Waals surface area contributed by atoms with Gasteiger partial charge in [-0.05, 0) is 53.2 Å². The number of ether oxygens (including phenoxy) is 1. The first kappa shape index (κ1) is 24.0. The van der Waals surface area contributed by atoms with Gasteiger partial charge in [0.2, 0.25) is 0 Å². The van der Waals surface area contributed by atoms with Crippen molar-refractivity contribution in [1.29, 1.82) is 0 Å². The van der Waals surface area contributed by atoms with Crippen LogP contribution in [0.4, 0.5) is 5.82 Å². The summed E-state index contributed by atoms with van der Waals surface area (Å²) in [7, 11) is 0. The molecular weight excluding hydrogens is 454 g/mol. The number of nitrogens with zero attached hydrogens (tertiary/aromatic N) is 4. The number of aromatic amines is 1. The second-order valence-electron chi connectivity index (χ2n) is 9.52. The molecule has 0 saturated heterocycles. The second-order valence-corrected chi connectivity index (χ2v) is 9.90. The van der Waals surface area contributed by atoms with Gasteiger partial charge in [0.05, 0.1) is 27.7 Å². The Morgan fingerprint density at radius 2 is 2.03 bits per heavy atom. The summed E-state index contributed by atoms with van der Waals surface area (Å²) in [5.74, 6) is 0.0998. The van der Waals surface area contributed by atoms with E-state index in [0.717, 1.165) is 5.39 Å². The molecule has 10 heteroatoms. The number of nitrogens with one attached hydrogen (secondary N) is 2. The van der Waals surface area contributed by atoms with Crippen LogP contribution in [0.1, 0.15) is 58.3 Å². The van der Waals surface area contributed by atoms with Crippen LogP contribution in [-0.4, -0.2) is 43.0 Å². The molecule has 1 atom stereocenters. The van der Waals surface area contributed by atoms with E-state index in [0.29, 0.717) is 50.8 Å². The Kier molecular flexibility index (Phi) is 6.26. The molecule has 3 aromatic heterocycles. The molecule has 4 aromatic rings. The van der Waals surface area contributed by atoms with Crippen LogP contribution in [0, 0.1) is 0 Å². The lowest BCUT2D eigenvalue weighted by atomic mass is 10.1. The number of nitrogens with two attached hydrogens (primary N) is 1. The maximum atomic E-state index is 12.8. The first-order valence-corrected chi connectivity index (χ1v) is 11.7. The van der Waals surface area contributed by atoms with Crippen molar-refractivity contribution < 1.29 is 9.53 Å². The van der Waals surface area contributed by atoms with Crippen molar-refractivity contribution in [2.75, 3.05) is 5.73 Å². The molecule has 0 aliphatic rings. The third kappa shape index (κ3) is 4.33. The van der Waals surface area contributed by atoms with Gasteiger partial charge in [-0.3, -0.25) is 4.79 Å². The van der Waals surface area contributed by atoms with Gasteiger partial charge in [0.15, 0.2) is 5.65 Å². The van der Waals surface area contributed by atoms with E-state index in [2.05, 4.69) is 20.3 Å². The van der Waals surface area contributed by atoms with Gasteiger partial charge in [-0.1, -0.05) is 24.6 Å². The summed E-state index contributed by atoms with van der Waals surface area (Å²) < 4.78 is 7.56. The number of carbonyl (C=O) groups excluding carboxylic acids is 1. The van der Waals surface area contributed by atoms with E-state index < -0.39 is 0 Å². The lowest BCUT2D eigenvalue weighted by molar-refractivity contribution is -0.0107. The van der Waals surface area contributed by atoms with Crippen LogP contribution in [0.5, 0.6) is 0 Å². The molecule has 1 aromatic carbocycles. The van der Waals surface area contributed by atoms with Gasteiger partial charge in [-0.2, -0.15) is 5.10 Å². The van der Waals surface area contributed by atoms with E-state index in [1.54, 1.807) is 12.1 Å². The van der Waals surface area contributed by atoms with E-state index in [-0.39, 0.29) is 23.8 Å². The molecule has 0 bridgehead atoms. The number of hydrogen-bond acceptors (Lipinski definition) is 6. The molecule has 4 N–H and O–H groups in total. The van der Waals surface area contributed by atoms with Crippen LogP contribution in [0.3, 0.4) is 0 Å². The first-order valence-electron chi connectivity index (χ1n) is 11.3. The molecule has 0 aliphatic carbocycles. The monoisotopic (exact) mass is 483 g/mol. The Morgan fingerprint density at radius 1 is 1.29 bits per heavy atom. The molecule has 180 valence electrons. The number of amides is 1. The first-order chi connectivity index (χ1) is 16.0. The van der Waals surface area contributed by atoms with Crippen molar-refractivity contribution in [2.24, 2.45) is 0 Å². The number of anilines is 1. The van der Waals surface area contributed by atoms with Crippen molar-refractivity contribution in [3.63, 3.8) is 0 Å². The number of fused-ring (bicyclic) bond motifs is 2.